The molecule has 3 N–H and O–H groups in total. The Kier molecular flexibility index (Phi) is 3.48. The number of hydrogen-bond acceptors (Lipinski definition) is 4. The van der Waals surface area contributed by atoms with Gasteiger partial charge in [-0.25, -0.2) is 9.78 Å². The molecule has 0 radical (unpaired) electrons. The molecule has 2 aromatic heterocycles. The minimum atomic E-state index is -1.31. The number of imidazole rings is 1. The Bertz CT molecular complexity index is 635. The second-order valence-corrected chi connectivity index (χ2v) is 4.11. The van der Waals surface area contributed by atoms with Crippen molar-refractivity contribution in [1.82, 2.24) is 14.7 Å². The van der Waals surface area contributed by atoms with Crippen molar-refractivity contribution in [2.45, 2.75) is 13.0 Å². The molecule has 19 heavy (non-hydrogen) atoms. The molecular weight excluding hydrogens is 250 g/mol. The van der Waals surface area contributed by atoms with E-state index in [2.05, 4.69) is 10.3 Å². The number of fused-ring (bicyclic) bond motifs is 1. The van der Waals surface area contributed by atoms with Crippen LogP contribution in [0.1, 0.15) is 16.1 Å². The lowest BCUT2D eigenvalue weighted by Gasteiger charge is -2.11. The highest BCUT2D eigenvalue weighted by atomic mass is 16.4. The number of amides is 1. The molecular formula is C12H13N3O4. The van der Waals surface area contributed by atoms with Crippen LogP contribution in [0.2, 0.25) is 0 Å². The van der Waals surface area contributed by atoms with E-state index in [4.69, 9.17) is 10.2 Å². The lowest BCUT2D eigenvalue weighted by Crippen LogP contribution is -2.43. The van der Waals surface area contributed by atoms with Crippen LogP contribution in [-0.2, 0) is 4.79 Å². The maximum atomic E-state index is 11.8. The van der Waals surface area contributed by atoms with E-state index >= 15 is 0 Å². The second kappa shape index (κ2) is 5.07. The van der Waals surface area contributed by atoms with E-state index in [0.29, 0.717) is 5.65 Å². The lowest BCUT2D eigenvalue weighted by atomic mass is 10.2. The van der Waals surface area contributed by atoms with Crippen molar-refractivity contribution in [2.75, 3.05) is 6.61 Å². The summed E-state index contributed by atoms with van der Waals surface area (Å²) in [5.74, 6) is -1.85. The topological polar surface area (TPSA) is 104 Å². The summed E-state index contributed by atoms with van der Waals surface area (Å²) in [5, 5.41) is 19.8. The summed E-state index contributed by atoms with van der Waals surface area (Å²) < 4.78 is 1.76. The Balaban J connectivity index is 2.23. The summed E-state index contributed by atoms with van der Waals surface area (Å²) in [6, 6.07) is 1.79. The van der Waals surface area contributed by atoms with Crippen LogP contribution >= 0.6 is 0 Å². The Morgan fingerprint density at radius 3 is 2.89 bits per heavy atom. The van der Waals surface area contributed by atoms with Crippen molar-refractivity contribution in [2.24, 2.45) is 0 Å². The molecule has 0 fully saturated rings. The number of carbonyl (C=O) groups excluding carboxylic acids is 1. The number of aromatic nitrogens is 2. The summed E-state index contributed by atoms with van der Waals surface area (Å²) in [7, 11) is 0. The number of rotatable bonds is 4. The van der Waals surface area contributed by atoms with Crippen LogP contribution in [0.4, 0.5) is 0 Å². The molecule has 7 heteroatoms. The number of carboxylic acids is 1. The first kappa shape index (κ1) is 13.0. The number of carboxylic acid groups (broad SMARTS) is 1. The predicted molar refractivity (Wildman–Crippen MR) is 65.9 cm³/mol. The summed E-state index contributed by atoms with van der Waals surface area (Å²) >= 11 is 0. The van der Waals surface area contributed by atoms with Gasteiger partial charge in [0.05, 0.1) is 12.3 Å². The van der Waals surface area contributed by atoms with Gasteiger partial charge in [-0.15, -0.1) is 0 Å². The number of aliphatic hydroxyl groups is 1. The van der Waals surface area contributed by atoms with Gasteiger partial charge in [0.25, 0.3) is 5.91 Å². The minimum absolute atomic E-state index is 0.290. The zero-order valence-corrected chi connectivity index (χ0v) is 10.2. The summed E-state index contributed by atoms with van der Waals surface area (Å²) in [4.78, 5) is 26.8. The average Bonchev–Trinajstić information content (AvgIpc) is 2.74. The molecule has 100 valence electrons. The van der Waals surface area contributed by atoms with Crippen molar-refractivity contribution in [3.05, 3.63) is 35.8 Å². The van der Waals surface area contributed by atoms with Crippen LogP contribution < -0.4 is 5.32 Å². The fraction of sp³-hybridized carbons (Fsp3) is 0.250. The molecule has 1 unspecified atom stereocenters. The number of hydrogen-bond donors (Lipinski definition) is 3. The average molecular weight is 263 g/mol. The van der Waals surface area contributed by atoms with Crippen molar-refractivity contribution < 1.29 is 19.8 Å². The number of aliphatic carboxylic acids is 1. The molecule has 0 saturated carbocycles. The second-order valence-electron chi connectivity index (χ2n) is 4.11. The molecule has 2 rings (SSSR count). The third-order valence-corrected chi connectivity index (χ3v) is 2.63. The van der Waals surface area contributed by atoms with Crippen LogP contribution in [0.5, 0.6) is 0 Å². The van der Waals surface area contributed by atoms with Gasteiger partial charge >= 0.3 is 5.97 Å². The number of pyridine rings is 1. The standard InChI is InChI=1S/C12H13N3O4/c1-7-5-15-3-2-8(4-10(15)13-7)11(17)14-9(6-16)12(18)19/h2-5,9,16H,6H2,1H3,(H,14,17)(H,18,19). The predicted octanol–water partition coefficient (Wildman–Crippen LogP) is -0.182. The zero-order chi connectivity index (χ0) is 14.0. The largest absolute Gasteiger partial charge is 0.480 e. The normalized spacial score (nSPS) is 12.3. The van der Waals surface area contributed by atoms with Crippen molar-refractivity contribution in [3.8, 4) is 0 Å². The Labute approximate surface area is 108 Å². The third kappa shape index (κ3) is 2.71. The molecule has 0 aliphatic heterocycles. The summed E-state index contributed by atoms with van der Waals surface area (Å²) in [6.07, 6.45) is 3.48. The molecule has 1 atom stereocenters. The minimum Gasteiger partial charge on any atom is -0.480 e. The van der Waals surface area contributed by atoms with Gasteiger partial charge in [-0.2, -0.15) is 0 Å². The van der Waals surface area contributed by atoms with Crippen molar-refractivity contribution in [1.29, 1.82) is 0 Å². The lowest BCUT2D eigenvalue weighted by molar-refractivity contribution is -0.140. The first-order valence-electron chi connectivity index (χ1n) is 5.61. The molecule has 2 aromatic rings. The summed E-state index contributed by atoms with van der Waals surface area (Å²) in [6.45, 7) is 1.17. The molecule has 1 amide bonds. The first-order chi connectivity index (χ1) is 9.01. The fourth-order valence-corrected chi connectivity index (χ4v) is 1.68. The molecule has 0 aliphatic carbocycles. The summed E-state index contributed by atoms with van der Waals surface area (Å²) in [5.41, 5.74) is 1.70. The van der Waals surface area contributed by atoms with E-state index in [-0.39, 0.29) is 5.56 Å². The van der Waals surface area contributed by atoms with E-state index in [1.807, 2.05) is 13.1 Å². The number of aliphatic hydroxyl groups excluding tert-OH is 1. The molecule has 0 aliphatic rings. The first-order valence-corrected chi connectivity index (χ1v) is 5.61. The van der Waals surface area contributed by atoms with Crippen LogP contribution in [-0.4, -0.2) is 44.1 Å². The van der Waals surface area contributed by atoms with E-state index in [1.54, 1.807) is 22.7 Å². The van der Waals surface area contributed by atoms with Gasteiger partial charge in [0.2, 0.25) is 0 Å². The Morgan fingerprint density at radius 1 is 1.53 bits per heavy atom. The maximum absolute atomic E-state index is 11.8. The smallest absolute Gasteiger partial charge is 0.328 e. The van der Waals surface area contributed by atoms with Crippen molar-refractivity contribution >= 4 is 17.5 Å². The number of nitrogens with one attached hydrogen (secondary N) is 1. The highest BCUT2D eigenvalue weighted by Gasteiger charge is 2.19. The SMILES string of the molecule is Cc1cn2ccc(C(=O)NC(CO)C(=O)O)cc2n1. The van der Waals surface area contributed by atoms with Gasteiger partial charge in [-0.1, -0.05) is 0 Å². The van der Waals surface area contributed by atoms with Gasteiger partial charge in [0, 0.05) is 18.0 Å². The zero-order valence-electron chi connectivity index (χ0n) is 10.2. The van der Waals surface area contributed by atoms with E-state index in [9.17, 15) is 9.59 Å². The fourth-order valence-electron chi connectivity index (χ4n) is 1.68. The van der Waals surface area contributed by atoms with Gasteiger partial charge in [0.1, 0.15) is 5.65 Å². The van der Waals surface area contributed by atoms with Gasteiger partial charge in [-0.3, -0.25) is 4.79 Å². The molecule has 0 spiro atoms. The van der Waals surface area contributed by atoms with Crippen molar-refractivity contribution in [3.63, 3.8) is 0 Å². The Hall–Kier alpha value is -2.41. The van der Waals surface area contributed by atoms with E-state index < -0.39 is 24.5 Å². The molecule has 0 saturated heterocycles. The number of carbonyl (C=O) groups is 2. The Morgan fingerprint density at radius 2 is 2.26 bits per heavy atom. The monoisotopic (exact) mass is 263 g/mol. The highest BCUT2D eigenvalue weighted by Crippen LogP contribution is 2.08. The highest BCUT2D eigenvalue weighted by molar-refractivity contribution is 5.97. The van der Waals surface area contributed by atoms with Crippen LogP contribution in [0, 0.1) is 6.92 Å². The third-order valence-electron chi connectivity index (χ3n) is 2.63. The molecule has 7 nitrogen and oxygen atoms in total. The van der Waals surface area contributed by atoms with Gasteiger partial charge < -0.3 is 19.9 Å². The van der Waals surface area contributed by atoms with Crippen LogP contribution in [0.15, 0.2) is 24.5 Å². The van der Waals surface area contributed by atoms with Crippen LogP contribution in [0.25, 0.3) is 5.65 Å². The van der Waals surface area contributed by atoms with E-state index in [0.717, 1.165) is 5.69 Å². The number of aryl methyl sites for hydroxylation is 1. The molecule has 0 bridgehead atoms. The van der Waals surface area contributed by atoms with Gasteiger partial charge in [-0.05, 0) is 19.1 Å². The van der Waals surface area contributed by atoms with Gasteiger partial charge in [0.15, 0.2) is 6.04 Å². The maximum Gasteiger partial charge on any atom is 0.328 e. The quantitative estimate of drug-likeness (QED) is 0.709. The van der Waals surface area contributed by atoms with E-state index in [1.165, 1.54) is 0 Å². The number of nitrogens with zero attached hydrogens (tertiary/aromatic N) is 2. The molecule has 0 aromatic carbocycles. The van der Waals surface area contributed by atoms with Crippen LogP contribution in [0.3, 0.4) is 0 Å². The molecule has 2 heterocycles.